The van der Waals surface area contributed by atoms with Crippen LogP contribution in [0.3, 0.4) is 0 Å². The minimum atomic E-state index is -7.32. The monoisotopic (exact) mass is 705 g/mol. The first-order valence-electron chi connectivity index (χ1n) is 9.69. The fourth-order valence-corrected chi connectivity index (χ4v) is 6.91. The summed E-state index contributed by atoms with van der Waals surface area (Å²) in [4.78, 5) is -6.89. The summed E-state index contributed by atoms with van der Waals surface area (Å²) in [6.07, 6.45) is -38.4. The Morgan fingerprint density at radius 3 is 0.698 bits per heavy atom. The minimum Gasteiger partial charge on any atom is -0.206 e. The molecule has 0 radical (unpaired) electrons. The molecule has 0 aliphatic heterocycles. The van der Waals surface area contributed by atoms with E-state index in [0.717, 1.165) is 0 Å². The Balaban J connectivity index is 3.11. The van der Waals surface area contributed by atoms with Crippen LogP contribution in [0.2, 0.25) is 0 Å². The Morgan fingerprint density at radius 2 is 0.558 bits per heavy atom. The smallest absolute Gasteiger partial charge is 0.206 e. The second-order valence-corrected chi connectivity index (χ2v) is 11.4. The molecule has 0 aromatic heterocycles. The second-order valence-electron chi connectivity index (χ2n) is 7.88. The molecule has 0 bridgehead atoms. The quantitative estimate of drug-likeness (QED) is 0.335. The van der Waals surface area contributed by atoms with Crippen LogP contribution in [0.1, 0.15) is 33.4 Å². The molecule has 0 aliphatic carbocycles. The van der Waals surface area contributed by atoms with Crippen molar-refractivity contribution in [2.45, 2.75) is 46.8 Å². The highest BCUT2D eigenvalue weighted by Gasteiger charge is 2.52. The Morgan fingerprint density at radius 1 is 0.372 bits per heavy atom. The summed E-state index contributed by atoms with van der Waals surface area (Å²) in [7, 11) is -14.6. The molecule has 5 nitrogen and oxygen atoms in total. The topological polar surface area (TPSA) is 80.3 Å². The van der Waals surface area contributed by atoms with E-state index in [4.69, 9.17) is 0 Å². The lowest BCUT2D eigenvalue weighted by Gasteiger charge is -2.23. The summed E-state index contributed by atoms with van der Waals surface area (Å²) in [5.74, 6) is 0. The largest absolute Gasteiger partial charge is 0.417 e. The van der Waals surface area contributed by atoms with Crippen molar-refractivity contribution >= 4 is 20.0 Å². The first-order chi connectivity index (χ1) is 18.6. The van der Waals surface area contributed by atoms with Crippen molar-refractivity contribution in [2.75, 3.05) is 0 Å². The van der Waals surface area contributed by atoms with Crippen molar-refractivity contribution in [3.05, 3.63) is 57.6 Å². The summed E-state index contributed by atoms with van der Waals surface area (Å²) < 4.78 is 290. The number of hydrogen-bond donors (Lipinski definition) is 1. The predicted molar refractivity (Wildman–Crippen MR) is 100 cm³/mol. The van der Waals surface area contributed by atoms with Crippen LogP contribution in [0.5, 0.6) is 0 Å². The van der Waals surface area contributed by atoms with Gasteiger partial charge >= 0.3 is 37.1 Å². The molecule has 0 amide bonds. The van der Waals surface area contributed by atoms with E-state index in [2.05, 4.69) is 0 Å². The summed E-state index contributed by atoms with van der Waals surface area (Å²) in [5.41, 5.74) is -19.4. The van der Waals surface area contributed by atoms with Crippen LogP contribution >= 0.6 is 0 Å². The molecule has 0 fully saturated rings. The van der Waals surface area contributed by atoms with Crippen LogP contribution in [-0.4, -0.2) is 16.8 Å². The van der Waals surface area contributed by atoms with Gasteiger partial charge in [-0.2, -0.15) is 79.0 Å². The molecule has 1 N–H and O–H groups in total. The van der Waals surface area contributed by atoms with E-state index < -0.39 is 125 Å². The molecule has 0 spiro atoms. The van der Waals surface area contributed by atoms with Gasteiger partial charge in [0.1, 0.15) is 9.79 Å². The van der Waals surface area contributed by atoms with Crippen molar-refractivity contribution in [2.24, 2.45) is 0 Å². The maximum atomic E-state index is 13.5. The molecule has 2 aromatic carbocycles. The van der Waals surface area contributed by atoms with E-state index in [-0.39, 0.29) is 4.13 Å². The number of benzene rings is 2. The predicted octanol–water partition coefficient (Wildman–Crippen LogP) is 7.47. The average molecular weight is 705 g/mol. The molecule has 25 heteroatoms. The van der Waals surface area contributed by atoms with E-state index in [1.165, 1.54) is 0 Å². The van der Waals surface area contributed by atoms with Crippen LogP contribution in [0.15, 0.2) is 34.1 Å². The number of alkyl halides is 18. The van der Waals surface area contributed by atoms with E-state index in [1.54, 1.807) is 0 Å². The number of rotatable bonds is 4. The SMILES string of the molecule is O=S(=O)(NS(=O)(=O)c1c(C(F)(F)F)cc(C(F)(F)F)cc1C(F)(F)F)c1c(C(F)(F)F)cc(C(F)(F)F)cc1C(F)(F)F. The molecular weight excluding hydrogens is 700 g/mol. The van der Waals surface area contributed by atoms with Crippen molar-refractivity contribution in [3.8, 4) is 0 Å². The number of hydrogen-bond acceptors (Lipinski definition) is 4. The lowest BCUT2D eigenvalue weighted by Crippen LogP contribution is -2.36. The molecule has 0 aliphatic rings. The highest BCUT2D eigenvalue weighted by atomic mass is 32.3. The number of nitrogens with one attached hydrogen (secondary N) is 1. The van der Waals surface area contributed by atoms with E-state index in [1.807, 2.05) is 0 Å². The minimum absolute atomic E-state index is 0.286. The zero-order valence-electron chi connectivity index (χ0n) is 19.1. The Hall–Kier alpha value is -2.96. The highest BCUT2D eigenvalue weighted by Crippen LogP contribution is 2.48. The van der Waals surface area contributed by atoms with Gasteiger partial charge in [0.2, 0.25) is 0 Å². The first-order valence-corrected chi connectivity index (χ1v) is 12.7. The highest BCUT2D eigenvalue weighted by molar-refractivity contribution is 8.04. The number of sulfonamides is 2. The third-order valence-electron chi connectivity index (χ3n) is 4.81. The number of halogens is 18. The van der Waals surface area contributed by atoms with E-state index >= 15 is 0 Å². The van der Waals surface area contributed by atoms with E-state index in [0.29, 0.717) is 0 Å². The van der Waals surface area contributed by atoms with Crippen molar-refractivity contribution in [3.63, 3.8) is 0 Å². The van der Waals surface area contributed by atoms with Gasteiger partial charge in [0, 0.05) is 0 Å². The molecule has 2 rings (SSSR count). The van der Waals surface area contributed by atoms with Crippen LogP contribution in [0.4, 0.5) is 79.0 Å². The van der Waals surface area contributed by atoms with Gasteiger partial charge in [0.15, 0.2) is 0 Å². The Kier molecular flexibility index (Phi) is 8.68. The summed E-state index contributed by atoms with van der Waals surface area (Å²) in [6, 6.07) is -5.18. The zero-order valence-corrected chi connectivity index (χ0v) is 20.7. The first kappa shape index (κ1) is 36.2. The van der Waals surface area contributed by atoms with Gasteiger partial charge < -0.3 is 0 Å². The molecule has 2 aromatic rings. The van der Waals surface area contributed by atoms with E-state index in [9.17, 15) is 95.9 Å². The lowest BCUT2D eigenvalue weighted by atomic mass is 10.0. The van der Waals surface area contributed by atoms with Crippen molar-refractivity contribution < 1.29 is 95.9 Å². The Labute approximate surface area is 225 Å². The second kappa shape index (κ2) is 10.3. The molecule has 0 heterocycles. The van der Waals surface area contributed by atoms with Crippen molar-refractivity contribution in [1.29, 1.82) is 0 Å². The molecule has 0 saturated heterocycles. The normalized spacial score (nSPS) is 14.7. The van der Waals surface area contributed by atoms with Gasteiger partial charge in [0.05, 0.1) is 33.4 Å². The fourth-order valence-electron chi connectivity index (χ4n) is 3.23. The van der Waals surface area contributed by atoms with Gasteiger partial charge in [-0.25, -0.2) is 16.8 Å². The average Bonchev–Trinajstić information content (AvgIpc) is 2.72. The van der Waals surface area contributed by atoms with Gasteiger partial charge in [-0.05, 0) is 24.3 Å². The van der Waals surface area contributed by atoms with Crippen LogP contribution in [0, 0.1) is 0 Å². The lowest BCUT2D eigenvalue weighted by molar-refractivity contribution is -0.154. The maximum Gasteiger partial charge on any atom is 0.417 e. The van der Waals surface area contributed by atoms with Crippen LogP contribution in [0.25, 0.3) is 0 Å². The molecule has 0 atom stereocenters. The maximum absolute atomic E-state index is 13.5. The van der Waals surface area contributed by atoms with Crippen LogP contribution in [-0.2, 0) is 57.1 Å². The summed E-state index contributed by atoms with van der Waals surface area (Å²) in [5, 5.41) is 0. The van der Waals surface area contributed by atoms with Gasteiger partial charge in [0.25, 0.3) is 20.0 Å². The third-order valence-corrected chi connectivity index (χ3v) is 8.52. The van der Waals surface area contributed by atoms with Crippen molar-refractivity contribution in [1.82, 2.24) is 4.13 Å². The molecular formula is C18H5F18NO4S2. The zero-order chi connectivity index (χ0) is 34.2. The van der Waals surface area contributed by atoms with Crippen LogP contribution < -0.4 is 4.13 Å². The van der Waals surface area contributed by atoms with Gasteiger partial charge in [-0.1, -0.05) is 0 Å². The molecule has 0 unspecified atom stereocenters. The van der Waals surface area contributed by atoms with Gasteiger partial charge in [-0.3, -0.25) is 0 Å². The molecule has 244 valence electrons. The summed E-state index contributed by atoms with van der Waals surface area (Å²) >= 11 is 0. The fraction of sp³-hybridized carbons (Fsp3) is 0.333. The molecule has 0 saturated carbocycles. The summed E-state index contributed by atoms with van der Waals surface area (Å²) in [6.45, 7) is 0. The van der Waals surface area contributed by atoms with Gasteiger partial charge in [-0.15, -0.1) is 4.13 Å². The third kappa shape index (κ3) is 7.77. The standard InChI is InChI=1S/C18H5F18NO4S2/c19-13(20,21)5-1-7(15(25,26)27)11(8(2-5)16(28,29)30)42(38,39)37-43(40,41)12-9(17(31,32)33)3-6(14(22,23)24)4-10(12)18(34,35)36/h1-4,37H. The Bertz CT molecular complexity index is 1430. The molecule has 43 heavy (non-hydrogen) atoms.